The second kappa shape index (κ2) is 11.0. The molecule has 0 saturated heterocycles. The Kier molecular flexibility index (Phi) is 8.65. The van der Waals surface area contributed by atoms with Gasteiger partial charge >= 0.3 is 0 Å². The van der Waals surface area contributed by atoms with E-state index in [0.29, 0.717) is 28.5 Å². The summed E-state index contributed by atoms with van der Waals surface area (Å²) in [6.45, 7) is 5.78. The Balaban J connectivity index is 2.05. The number of amides is 2. The Morgan fingerprint density at radius 2 is 1.90 bits per heavy atom. The molecule has 9 heteroatoms. The molecular formula is C22H26ClN3O4S. The van der Waals surface area contributed by atoms with Gasteiger partial charge in [-0.1, -0.05) is 35.9 Å². The standard InChI is InChI=1S/C22H26ClN3O4S/c1-4-13-24-22(28)18-8-5-6-9-19(18)25-21(27)10-7-14-26(31(3,29)30)20-15-17(23)12-11-16(20)2/h4-6,8-9,11-12,15H,1,7,10,13-14H2,2-3H3,(H,24,28)(H,25,27). The Morgan fingerprint density at radius 3 is 2.58 bits per heavy atom. The van der Waals surface area contributed by atoms with Crippen LogP contribution in [-0.4, -0.2) is 39.6 Å². The van der Waals surface area contributed by atoms with Crippen molar-refractivity contribution in [2.75, 3.05) is 29.0 Å². The minimum Gasteiger partial charge on any atom is -0.349 e. The van der Waals surface area contributed by atoms with Crippen LogP contribution < -0.4 is 14.9 Å². The monoisotopic (exact) mass is 463 g/mol. The first-order valence-corrected chi connectivity index (χ1v) is 11.9. The topological polar surface area (TPSA) is 95.6 Å². The second-order valence-corrected chi connectivity index (χ2v) is 9.31. The largest absolute Gasteiger partial charge is 0.349 e. The molecule has 0 unspecified atom stereocenters. The van der Waals surface area contributed by atoms with Crippen LogP contribution in [0.4, 0.5) is 11.4 Å². The molecule has 2 rings (SSSR count). The molecular weight excluding hydrogens is 438 g/mol. The van der Waals surface area contributed by atoms with Gasteiger partial charge in [-0.05, 0) is 43.2 Å². The molecule has 0 fully saturated rings. The summed E-state index contributed by atoms with van der Waals surface area (Å²) in [7, 11) is -3.56. The molecule has 2 amide bonds. The fourth-order valence-electron chi connectivity index (χ4n) is 2.96. The molecule has 31 heavy (non-hydrogen) atoms. The molecule has 2 aromatic rings. The summed E-state index contributed by atoms with van der Waals surface area (Å²) in [4.78, 5) is 24.7. The zero-order valence-electron chi connectivity index (χ0n) is 17.5. The molecule has 0 aromatic heterocycles. The van der Waals surface area contributed by atoms with Crippen molar-refractivity contribution in [3.05, 3.63) is 71.3 Å². The highest BCUT2D eigenvalue weighted by Gasteiger charge is 2.20. The van der Waals surface area contributed by atoms with Crippen LogP contribution in [-0.2, 0) is 14.8 Å². The van der Waals surface area contributed by atoms with Crippen LogP contribution in [0.25, 0.3) is 0 Å². The summed E-state index contributed by atoms with van der Waals surface area (Å²) < 4.78 is 25.8. The molecule has 0 radical (unpaired) electrons. The fourth-order valence-corrected chi connectivity index (χ4v) is 4.14. The van der Waals surface area contributed by atoms with Crippen molar-refractivity contribution in [3.63, 3.8) is 0 Å². The first-order valence-electron chi connectivity index (χ1n) is 9.65. The number of halogens is 1. The van der Waals surface area contributed by atoms with Gasteiger partial charge in [-0.15, -0.1) is 6.58 Å². The highest BCUT2D eigenvalue weighted by atomic mass is 35.5. The second-order valence-electron chi connectivity index (χ2n) is 6.96. The number of benzene rings is 2. The van der Waals surface area contributed by atoms with Gasteiger partial charge in [-0.2, -0.15) is 0 Å². The zero-order valence-corrected chi connectivity index (χ0v) is 19.1. The van der Waals surface area contributed by atoms with E-state index >= 15 is 0 Å². The Labute approximate surface area is 188 Å². The summed E-state index contributed by atoms with van der Waals surface area (Å²) in [5.74, 6) is -0.643. The van der Waals surface area contributed by atoms with E-state index in [1.54, 1.807) is 55.5 Å². The van der Waals surface area contributed by atoms with Crippen LogP contribution in [0.3, 0.4) is 0 Å². The van der Waals surface area contributed by atoms with Crippen LogP contribution in [0.15, 0.2) is 55.1 Å². The third kappa shape index (κ3) is 7.11. The van der Waals surface area contributed by atoms with E-state index in [-0.39, 0.29) is 31.2 Å². The molecule has 0 aliphatic rings. The van der Waals surface area contributed by atoms with E-state index in [4.69, 9.17) is 11.6 Å². The van der Waals surface area contributed by atoms with Gasteiger partial charge in [-0.25, -0.2) is 8.42 Å². The molecule has 2 N–H and O–H groups in total. The van der Waals surface area contributed by atoms with Crippen LogP contribution in [0.5, 0.6) is 0 Å². The number of hydrogen-bond acceptors (Lipinski definition) is 4. The normalized spacial score (nSPS) is 10.9. The predicted octanol–water partition coefficient (Wildman–Crippen LogP) is 3.75. The molecule has 0 heterocycles. The Hall–Kier alpha value is -2.84. The van der Waals surface area contributed by atoms with Crippen molar-refractivity contribution < 1.29 is 18.0 Å². The number of carbonyl (C=O) groups is 2. The quantitative estimate of drug-likeness (QED) is 0.524. The zero-order chi connectivity index (χ0) is 23.0. The van der Waals surface area contributed by atoms with Gasteiger partial charge in [0.05, 0.1) is 23.2 Å². The van der Waals surface area contributed by atoms with Crippen molar-refractivity contribution in [2.45, 2.75) is 19.8 Å². The lowest BCUT2D eigenvalue weighted by Gasteiger charge is -2.24. The smallest absolute Gasteiger partial charge is 0.253 e. The van der Waals surface area contributed by atoms with E-state index in [1.807, 2.05) is 0 Å². The maximum absolute atomic E-state index is 12.4. The first kappa shape index (κ1) is 24.4. The average Bonchev–Trinajstić information content (AvgIpc) is 2.71. The molecule has 0 spiro atoms. The molecule has 0 saturated carbocycles. The van der Waals surface area contributed by atoms with Crippen molar-refractivity contribution in [2.24, 2.45) is 0 Å². The molecule has 7 nitrogen and oxygen atoms in total. The highest BCUT2D eigenvalue weighted by Crippen LogP contribution is 2.26. The minimum absolute atomic E-state index is 0.0776. The lowest BCUT2D eigenvalue weighted by molar-refractivity contribution is -0.116. The van der Waals surface area contributed by atoms with Gasteiger partial charge in [0.25, 0.3) is 5.91 Å². The van der Waals surface area contributed by atoms with Crippen molar-refractivity contribution in [1.29, 1.82) is 0 Å². The van der Waals surface area contributed by atoms with E-state index in [9.17, 15) is 18.0 Å². The lowest BCUT2D eigenvalue weighted by atomic mass is 10.1. The number of anilines is 2. The number of carbonyl (C=O) groups excluding carboxylic acids is 2. The number of aryl methyl sites for hydroxylation is 1. The molecule has 166 valence electrons. The maximum atomic E-state index is 12.4. The van der Waals surface area contributed by atoms with Crippen LogP contribution in [0, 0.1) is 6.92 Å². The number of rotatable bonds is 10. The van der Waals surface area contributed by atoms with Gasteiger partial charge in [0.1, 0.15) is 0 Å². The van der Waals surface area contributed by atoms with Crippen LogP contribution in [0.1, 0.15) is 28.8 Å². The summed E-state index contributed by atoms with van der Waals surface area (Å²) in [6.07, 6.45) is 3.05. The minimum atomic E-state index is -3.56. The third-order valence-electron chi connectivity index (χ3n) is 4.46. The first-order chi connectivity index (χ1) is 14.6. The summed E-state index contributed by atoms with van der Waals surface area (Å²) in [6, 6.07) is 11.7. The molecule has 0 atom stereocenters. The van der Waals surface area contributed by atoms with E-state index in [1.165, 1.54) is 4.31 Å². The molecule has 2 aromatic carbocycles. The van der Waals surface area contributed by atoms with Gasteiger partial charge in [0, 0.05) is 24.5 Å². The van der Waals surface area contributed by atoms with Crippen molar-refractivity contribution in [3.8, 4) is 0 Å². The number of nitrogens with one attached hydrogen (secondary N) is 2. The molecule has 0 bridgehead atoms. The van der Waals surface area contributed by atoms with Crippen molar-refractivity contribution >= 4 is 44.8 Å². The Bertz CT molecular complexity index is 1070. The van der Waals surface area contributed by atoms with Gasteiger partial charge in [-0.3, -0.25) is 13.9 Å². The van der Waals surface area contributed by atoms with Crippen LogP contribution in [0.2, 0.25) is 5.02 Å². The predicted molar refractivity (Wildman–Crippen MR) is 125 cm³/mol. The SMILES string of the molecule is C=CCNC(=O)c1ccccc1NC(=O)CCCN(c1cc(Cl)ccc1C)S(C)(=O)=O. The van der Waals surface area contributed by atoms with Gasteiger partial charge in [0.15, 0.2) is 0 Å². The third-order valence-corrected chi connectivity index (χ3v) is 5.87. The Morgan fingerprint density at radius 1 is 1.19 bits per heavy atom. The van der Waals surface area contributed by atoms with Gasteiger partial charge < -0.3 is 10.6 Å². The average molecular weight is 464 g/mol. The van der Waals surface area contributed by atoms with Crippen molar-refractivity contribution in [1.82, 2.24) is 5.32 Å². The molecule has 0 aliphatic carbocycles. The summed E-state index contributed by atoms with van der Waals surface area (Å²) in [5.41, 5.74) is 1.98. The summed E-state index contributed by atoms with van der Waals surface area (Å²) in [5, 5.41) is 5.83. The van der Waals surface area contributed by atoms with Crippen LogP contribution >= 0.6 is 11.6 Å². The number of nitrogens with zero attached hydrogens (tertiary/aromatic N) is 1. The van der Waals surface area contributed by atoms with E-state index < -0.39 is 10.0 Å². The summed E-state index contributed by atoms with van der Waals surface area (Å²) >= 11 is 6.03. The maximum Gasteiger partial charge on any atom is 0.253 e. The lowest BCUT2D eigenvalue weighted by Crippen LogP contribution is -2.32. The van der Waals surface area contributed by atoms with E-state index in [2.05, 4.69) is 17.2 Å². The number of sulfonamides is 1. The highest BCUT2D eigenvalue weighted by molar-refractivity contribution is 7.92. The van der Waals surface area contributed by atoms with Gasteiger partial charge in [0.2, 0.25) is 15.9 Å². The van der Waals surface area contributed by atoms with E-state index in [0.717, 1.165) is 11.8 Å². The number of hydrogen-bond donors (Lipinski definition) is 2. The fraction of sp³-hybridized carbons (Fsp3) is 0.273. The molecule has 0 aliphatic heterocycles. The number of para-hydroxylation sites is 1.